The lowest BCUT2D eigenvalue weighted by molar-refractivity contribution is 0.0824. The summed E-state index contributed by atoms with van der Waals surface area (Å²) in [6, 6.07) is 8.45. The molecule has 0 radical (unpaired) electrons. The lowest BCUT2D eigenvalue weighted by Gasteiger charge is -2.35. The summed E-state index contributed by atoms with van der Waals surface area (Å²) in [6.45, 7) is 8.81. The van der Waals surface area contributed by atoms with E-state index in [0.717, 1.165) is 94.6 Å². The largest absolute Gasteiger partial charge is 0.393 e. The van der Waals surface area contributed by atoms with Gasteiger partial charge in [-0.15, -0.1) is 0 Å². The van der Waals surface area contributed by atoms with E-state index >= 15 is 0 Å². The van der Waals surface area contributed by atoms with E-state index in [4.69, 9.17) is 16.6 Å². The van der Waals surface area contributed by atoms with E-state index in [1.807, 2.05) is 18.2 Å². The molecule has 3 rings (SSSR count). The number of benzene rings is 1. The second kappa shape index (κ2) is 11.6. The summed E-state index contributed by atoms with van der Waals surface area (Å²) >= 11 is 6.40. The zero-order valence-electron chi connectivity index (χ0n) is 17.6. The van der Waals surface area contributed by atoms with Gasteiger partial charge in [0.25, 0.3) is 0 Å². The van der Waals surface area contributed by atoms with Crippen molar-refractivity contribution in [2.75, 3.05) is 50.7 Å². The van der Waals surface area contributed by atoms with Gasteiger partial charge >= 0.3 is 0 Å². The van der Waals surface area contributed by atoms with E-state index in [1.54, 1.807) is 0 Å². The van der Waals surface area contributed by atoms with Crippen LogP contribution in [0.2, 0.25) is 5.02 Å². The van der Waals surface area contributed by atoms with Gasteiger partial charge < -0.3 is 25.5 Å². The Balaban J connectivity index is 1.47. The van der Waals surface area contributed by atoms with E-state index in [9.17, 15) is 5.11 Å². The molecule has 0 spiro atoms. The molecule has 0 aromatic heterocycles. The van der Waals surface area contributed by atoms with Crippen molar-refractivity contribution in [3.05, 3.63) is 29.3 Å². The van der Waals surface area contributed by atoms with Crippen LogP contribution in [0, 0.1) is 0 Å². The highest BCUT2D eigenvalue weighted by Gasteiger charge is 2.22. The lowest BCUT2D eigenvalue weighted by atomic mass is 10.0. The molecule has 2 aliphatic heterocycles. The van der Waals surface area contributed by atoms with Crippen molar-refractivity contribution in [1.82, 2.24) is 15.5 Å². The first-order valence-electron chi connectivity index (χ1n) is 11.1. The minimum absolute atomic E-state index is 0.102. The third-order valence-electron chi connectivity index (χ3n) is 5.76. The molecule has 3 N–H and O–H groups in total. The molecule has 1 aromatic rings. The van der Waals surface area contributed by atoms with Crippen LogP contribution in [-0.2, 0) is 0 Å². The molecule has 1 unspecified atom stereocenters. The van der Waals surface area contributed by atoms with E-state index in [0.29, 0.717) is 6.04 Å². The SMILES string of the molecule is CCNC(=NCCCN1CCC(O)CC1)NC1CCCN(c2ccccc2Cl)C1. The third-order valence-corrected chi connectivity index (χ3v) is 6.08. The maximum atomic E-state index is 9.62. The predicted octanol–water partition coefficient (Wildman–Crippen LogP) is 2.71. The quantitative estimate of drug-likeness (QED) is 0.359. The zero-order chi connectivity index (χ0) is 20.5. The number of hydrogen-bond acceptors (Lipinski definition) is 4. The highest BCUT2D eigenvalue weighted by atomic mass is 35.5. The highest BCUT2D eigenvalue weighted by molar-refractivity contribution is 6.33. The highest BCUT2D eigenvalue weighted by Crippen LogP contribution is 2.27. The topological polar surface area (TPSA) is 63.1 Å². The van der Waals surface area contributed by atoms with Crippen LogP contribution < -0.4 is 15.5 Å². The van der Waals surface area contributed by atoms with Crippen LogP contribution >= 0.6 is 11.6 Å². The maximum absolute atomic E-state index is 9.62. The van der Waals surface area contributed by atoms with Gasteiger partial charge in [0.1, 0.15) is 0 Å². The number of nitrogens with zero attached hydrogens (tertiary/aromatic N) is 3. The van der Waals surface area contributed by atoms with Gasteiger partial charge in [0.2, 0.25) is 0 Å². The zero-order valence-corrected chi connectivity index (χ0v) is 18.4. The molecule has 0 aliphatic carbocycles. The Hall–Kier alpha value is -1.50. The van der Waals surface area contributed by atoms with Crippen molar-refractivity contribution in [3.63, 3.8) is 0 Å². The molecule has 1 atom stereocenters. The van der Waals surface area contributed by atoms with Crippen LogP contribution in [0.25, 0.3) is 0 Å². The van der Waals surface area contributed by atoms with Crippen molar-refractivity contribution in [2.24, 2.45) is 4.99 Å². The van der Waals surface area contributed by atoms with Gasteiger partial charge in [-0.25, -0.2) is 0 Å². The van der Waals surface area contributed by atoms with E-state index in [2.05, 4.69) is 33.4 Å². The molecule has 0 amide bonds. The van der Waals surface area contributed by atoms with Crippen molar-refractivity contribution in [2.45, 2.75) is 51.2 Å². The van der Waals surface area contributed by atoms with E-state index in [1.165, 1.54) is 0 Å². The van der Waals surface area contributed by atoms with Crippen LogP contribution in [0.4, 0.5) is 5.69 Å². The summed E-state index contributed by atoms with van der Waals surface area (Å²) in [5.74, 6) is 0.910. The number of likely N-dealkylation sites (tertiary alicyclic amines) is 1. The molecular formula is C22H36ClN5O. The standard InChI is InChI=1S/C22H36ClN5O/c1-2-24-22(25-12-6-13-27-15-10-19(29)11-16-27)26-18-7-5-14-28(17-18)21-9-4-3-8-20(21)23/h3-4,8-9,18-19,29H,2,5-7,10-17H2,1H3,(H2,24,25,26). The van der Waals surface area contributed by atoms with E-state index < -0.39 is 0 Å². The fourth-order valence-corrected chi connectivity index (χ4v) is 4.42. The predicted molar refractivity (Wildman–Crippen MR) is 122 cm³/mol. The Morgan fingerprint density at radius 3 is 2.76 bits per heavy atom. The van der Waals surface area contributed by atoms with Crippen LogP contribution in [0.3, 0.4) is 0 Å². The Kier molecular flexibility index (Phi) is 8.90. The van der Waals surface area contributed by atoms with Gasteiger partial charge in [-0.3, -0.25) is 4.99 Å². The maximum Gasteiger partial charge on any atom is 0.191 e. The Labute approximate surface area is 180 Å². The van der Waals surface area contributed by atoms with Crippen LogP contribution in [0.5, 0.6) is 0 Å². The number of hydrogen-bond donors (Lipinski definition) is 3. The minimum Gasteiger partial charge on any atom is -0.393 e. The summed E-state index contributed by atoms with van der Waals surface area (Å²) in [6.07, 6.45) is 5.02. The number of anilines is 1. The van der Waals surface area contributed by atoms with Crippen LogP contribution in [0.15, 0.2) is 29.3 Å². The molecule has 7 heteroatoms. The molecule has 0 bridgehead atoms. The van der Waals surface area contributed by atoms with Gasteiger partial charge in [0.05, 0.1) is 16.8 Å². The average Bonchev–Trinajstić information content (AvgIpc) is 2.73. The van der Waals surface area contributed by atoms with Crippen LogP contribution in [0.1, 0.15) is 39.0 Å². The second-order valence-electron chi connectivity index (χ2n) is 8.07. The number of aliphatic imine (C=N–C) groups is 1. The van der Waals surface area contributed by atoms with Gasteiger partial charge in [-0.1, -0.05) is 23.7 Å². The number of halogens is 1. The minimum atomic E-state index is -0.102. The molecule has 162 valence electrons. The number of nitrogens with one attached hydrogen (secondary N) is 2. The molecule has 29 heavy (non-hydrogen) atoms. The Morgan fingerprint density at radius 1 is 1.21 bits per heavy atom. The number of piperidine rings is 2. The first-order chi connectivity index (χ1) is 14.2. The number of aliphatic hydroxyl groups is 1. The fourth-order valence-electron chi connectivity index (χ4n) is 4.16. The third kappa shape index (κ3) is 7.05. The molecule has 0 saturated carbocycles. The van der Waals surface area contributed by atoms with E-state index in [-0.39, 0.29) is 6.10 Å². The van der Waals surface area contributed by atoms with Crippen molar-refractivity contribution in [1.29, 1.82) is 0 Å². The average molecular weight is 422 g/mol. The second-order valence-corrected chi connectivity index (χ2v) is 8.48. The number of guanidine groups is 1. The van der Waals surface area contributed by atoms with Crippen LogP contribution in [-0.4, -0.2) is 73.9 Å². The molecule has 2 fully saturated rings. The molecule has 2 saturated heterocycles. The first-order valence-corrected chi connectivity index (χ1v) is 11.5. The summed E-state index contributed by atoms with van der Waals surface area (Å²) < 4.78 is 0. The van der Waals surface area contributed by atoms with Crippen molar-refractivity contribution in [3.8, 4) is 0 Å². The molecule has 2 heterocycles. The normalized spacial score (nSPS) is 22.0. The summed E-state index contributed by atoms with van der Waals surface area (Å²) in [5.41, 5.74) is 1.12. The van der Waals surface area contributed by atoms with Gasteiger partial charge in [0.15, 0.2) is 5.96 Å². The van der Waals surface area contributed by atoms with Gasteiger partial charge in [-0.2, -0.15) is 0 Å². The molecule has 1 aromatic carbocycles. The molecule has 2 aliphatic rings. The Morgan fingerprint density at radius 2 is 2.00 bits per heavy atom. The smallest absolute Gasteiger partial charge is 0.191 e. The number of rotatable bonds is 7. The Bertz CT molecular complexity index is 648. The first kappa shape index (κ1) is 22.2. The molecule has 6 nitrogen and oxygen atoms in total. The van der Waals surface area contributed by atoms with Crippen molar-refractivity contribution >= 4 is 23.2 Å². The summed E-state index contributed by atoms with van der Waals surface area (Å²) in [7, 11) is 0. The lowest BCUT2D eigenvalue weighted by Crippen LogP contribution is -2.51. The van der Waals surface area contributed by atoms with Gasteiger partial charge in [-0.05, 0) is 57.7 Å². The molecular weight excluding hydrogens is 386 g/mol. The van der Waals surface area contributed by atoms with Gasteiger partial charge in [0, 0.05) is 45.3 Å². The monoisotopic (exact) mass is 421 g/mol. The van der Waals surface area contributed by atoms with Crippen molar-refractivity contribution < 1.29 is 5.11 Å². The summed E-state index contributed by atoms with van der Waals surface area (Å²) in [5, 5.41) is 17.5. The summed E-state index contributed by atoms with van der Waals surface area (Å²) in [4.78, 5) is 9.60. The number of aliphatic hydroxyl groups excluding tert-OH is 1. The fraction of sp³-hybridized carbons (Fsp3) is 0.682. The number of para-hydroxylation sites is 1.